The Labute approximate surface area is 196 Å². The molecule has 2 fully saturated rings. The summed E-state index contributed by atoms with van der Waals surface area (Å²) < 4.78 is 5.96. The smallest absolute Gasteiger partial charge is 0.103 e. The number of fused-ring (bicyclic) bond motifs is 4. The number of methoxy groups -OCH3 is 1. The van der Waals surface area contributed by atoms with Gasteiger partial charge in [-0.3, -0.25) is 0 Å². The van der Waals surface area contributed by atoms with E-state index >= 15 is 0 Å². The summed E-state index contributed by atoms with van der Waals surface area (Å²) in [5.74, 6) is 3.26. The molecule has 2 N–H and O–H groups in total. The fraction of sp³-hybridized carbons (Fsp3) is 0.862. The van der Waals surface area contributed by atoms with Gasteiger partial charge in [-0.2, -0.15) is 0 Å². The van der Waals surface area contributed by atoms with Crippen molar-refractivity contribution in [2.24, 2.45) is 40.4 Å². The van der Waals surface area contributed by atoms with E-state index < -0.39 is 11.7 Å². The first kappa shape index (κ1) is 24.5. The maximum Gasteiger partial charge on any atom is 0.103 e. The molecule has 0 radical (unpaired) electrons. The highest BCUT2D eigenvalue weighted by Gasteiger charge is 2.63. The molecule has 3 nitrogen and oxygen atoms in total. The molecule has 0 aromatic heterocycles. The first-order valence-electron chi connectivity index (χ1n) is 13.3. The lowest BCUT2D eigenvalue weighted by atomic mass is 9.48. The molecule has 0 saturated heterocycles. The molecule has 0 aromatic carbocycles. The summed E-state index contributed by atoms with van der Waals surface area (Å²) in [6.07, 6.45) is 12.2. The largest absolute Gasteiger partial charge is 0.393 e. The normalized spacial score (nSPS) is 46.2. The quantitative estimate of drug-likeness (QED) is 0.490. The molecule has 0 aliphatic heterocycles. The minimum Gasteiger partial charge on any atom is -0.393 e. The van der Waals surface area contributed by atoms with Crippen LogP contribution in [0.1, 0.15) is 92.9 Å². The second kappa shape index (κ2) is 8.54. The molecule has 4 aliphatic carbocycles. The number of hydrogen-bond acceptors (Lipinski definition) is 3. The Morgan fingerprint density at radius 2 is 1.75 bits per heavy atom. The summed E-state index contributed by atoms with van der Waals surface area (Å²) in [6.45, 7) is 14.2. The lowest BCUT2D eigenvalue weighted by molar-refractivity contribution is -0.200. The molecular formula is C29H48O3. The molecule has 0 unspecified atom stereocenters. The van der Waals surface area contributed by atoms with Gasteiger partial charge in [0.25, 0.3) is 0 Å². The van der Waals surface area contributed by atoms with Crippen LogP contribution < -0.4 is 0 Å². The van der Waals surface area contributed by atoms with Gasteiger partial charge in [0.05, 0.1) is 12.2 Å². The van der Waals surface area contributed by atoms with Crippen molar-refractivity contribution in [2.75, 3.05) is 7.11 Å². The number of rotatable bonds is 5. The Balaban J connectivity index is 1.65. The first-order chi connectivity index (χ1) is 15.0. The maximum atomic E-state index is 11.9. The molecule has 32 heavy (non-hydrogen) atoms. The highest BCUT2D eigenvalue weighted by atomic mass is 16.5. The number of allylic oxidation sites excluding steroid dienone is 2. The topological polar surface area (TPSA) is 49.7 Å². The lowest BCUT2D eigenvalue weighted by Gasteiger charge is -2.60. The van der Waals surface area contributed by atoms with Gasteiger partial charge in [-0.1, -0.05) is 64.8 Å². The van der Waals surface area contributed by atoms with E-state index in [1.54, 1.807) is 12.7 Å². The van der Waals surface area contributed by atoms with Crippen LogP contribution in [0.4, 0.5) is 0 Å². The van der Waals surface area contributed by atoms with Crippen molar-refractivity contribution in [3.8, 4) is 0 Å². The Bertz CT molecular complexity index is 768. The van der Waals surface area contributed by atoms with Crippen LogP contribution in [-0.4, -0.2) is 35.1 Å². The predicted octanol–water partition coefficient (Wildman–Crippen LogP) is 6.29. The molecule has 0 aromatic rings. The predicted molar refractivity (Wildman–Crippen MR) is 131 cm³/mol. The van der Waals surface area contributed by atoms with Crippen molar-refractivity contribution in [3.63, 3.8) is 0 Å². The molecular weight excluding hydrogens is 396 g/mol. The Kier molecular flexibility index (Phi) is 6.53. The highest BCUT2D eigenvalue weighted by molar-refractivity contribution is 5.39. The summed E-state index contributed by atoms with van der Waals surface area (Å²) >= 11 is 0. The lowest BCUT2D eigenvalue weighted by Crippen LogP contribution is -2.64. The molecule has 2 saturated carbocycles. The van der Waals surface area contributed by atoms with E-state index in [4.69, 9.17) is 4.74 Å². The van der Waals surface area contributed by atoms with Crippen LogP contribution in [0.3, 0.4) is 0 Å². The SMILES string of the molecule is CO[C@@H]1CC2=C(CC[C@]3(C)[C@@H]([C@H](C)/C=C/[C@H](C)C(C)C)CC[C@@H]23)[C@@]2(C)CC[C@H](O)C[C@]12O. The van der Waals surface area contributed by atoms with Gasteiger partial charge in [0.15, 0.2) is 0 Å². The van der Waals surface area contributed by atoms with Crippen LogP contribution >= 0.6 is 0 Å². The minimum absolute atomic E-state index is 0.216. The average Bonchev–Trinajstić information content (AvgIpc) is 3.09. The zero-order valence-corrected chi connectivity index (χ0v) is 21.7. The van der Waals surface area contributed by atoms with E-state index in [9.17, 15) is 10.2 Å². The molecule has 0 amide bonds. The van der Waals surface area contributed by atoms with Crippen molar-refractivity contribution < 1.29 is 14.9 Å². The third-order valence-electron chi connectivity index (χ3n) is 10.9. The van der Waals surface area contributed by atoms with Crippen molar-refractivity contribution in [1.82, 2.24) is 0 Å². The number of aliphatic hydroxyl groups is 2. The maximum absolute atomic E-state index is 11.9. The molecule has 182 valence electrons. The minimum atomic E-state index is -0.951. The molecule has 0 bridgehead atoms. The van der Waals surface area contributed by atoms with Gasteiger partial charge in [-0.25, -0.2) is 0 Å². The molecule has 4 rings (SSSR count). The molecule has 0 spiro atoms. The van der Waals surface area contributed by atoms with Crippen LogP contribution in [0.5, 0.6) is 0 Å². The molecule has 9 atom stereocenters. The van der Waals surface area contributed by atoms with Crippen molar-refractivity contribution >= 4 is 0 Å². The third kappa shape index (κ3) is 3.57. The summed E-state index contributed by atoms with van der Waals surface area (Å²) in [4.78, 5) is 0. The van der Waals surface area contributed by atoms with Gasteiger partial charge in [0.1, 0.15) is 5.60 Å². The Hall–Kier alpha value is -0.640. The molecule has 4 aliphatic rings. The van der Waals surface area contributed by atoms with E-state index in [-0.39, 0.29) is 11.5 Å². The Morgan fingerprint density at radius 3 is 2.41 bits per heavy atom. The number of ether oxygens (including phenoxy) is 1. The van der Waals surface area contributed by atoms with Crippen LogP contribution in [0.15, 0.2) is 23.3 Å². The van der Waals surface area contributed by atoms with Crippen LogP contribution in [0.2, 0.25) is 0 Å². The van der Waals surface area contributed by atoms with E-state index in [1.165, 1.54) is 24.8 Å². The van der Waals surface area contributed by atoms with Gasteiger partial charge in [0.2, 0.25) is 0 Å². The van der Waals surface area contributed by atoms with Crippen LogP contribution in [0, 0.1) is 40.4 Å². The third-order valence-corrected chi connectivity index (χ3v) is 10.9. The number of hydrogen-bond donors (Lipinski definition) is 2. The van der Waals surface area contributed by atoms with E-state index in [2.05, 4.69) is 53.7 Å². The van der Waals surface area contributed by atoms with Crippen molar-refractivity contribution in [2.45, 2.75) is 111 Å². The van der Waals surface area contributed by atoms with Gasteiger partial charge in [0, 0.05) is 18.9 Å². The summed E-state index contributed by atoms with van der Waals surface area (Å²) in [6, 6.07) is 0. The van der Waals surface area contributed by atoms with E-state index in [0.29, 0.717) is 35.5 Å². The van der Waals surface area contributed by atoms with Gasteiger partial charge in [-0.15, -0.1) is 0 Å². The summed E-state index contributed by atoms with van der Waals surface area (Å²) in [7, 11) is 1.75. The van der Waals surface area contributed by atoms with Crippen molar-refractivity contribution in [3.05, 3.63) is 23.3 Å². The van der Waals surface area contributed by atoms with Gasteiger partial charge >= 0.3 is 0 Å². The fourth-order valence-corrected chi connectivity index (χ4v) is 8.33. The van der Waals surface area contributed by atoms with Gasteiger partial charge in [-0.05, 0) is 80.0 Å². The standard InChI is InChI=1S/C29H48O3/c1-18(2)19(3)8-9-20(4)23-10-11-24-22-16-26(32-7)29(31)17-21(30)12-15-28(29,6)25(22)13-14-27(23,24)5/h8-9,18-21,23-24,26,30-31H,10-17H2,1-7H3/b9-8+/t19-,20+,21-,23+,24-,26+,27+,28+,29-/m0/s1. The molecule has 3 heteroatoms. The van der Waals surface area contributed by atoms with Crippen LogP contribution in [-0.2, 0) is 4.74 Å². The monoisotopic (exact) mass is 444 g/mol. The van der Waals surface area contributed by atoms with E-state index in [1.807, 2.05) is 0 Å². The van der Waals surface area contributed by atoms with Crippen molar-refractivity contribution in [1.29, 1.82) is 0 Å². The van der Waals surface area contributed by atoms with E-state index in [0.717, 1.165) is 31.6 Å². The van der Waals surface area contributed by atoms with Gasteiger partial charge < -0.3 is 14.9 Å². The highest BCUT2D eigenvalue weighted by Crippen LogP contribution is 2.67. The second-order valence-corrected chi connectivity index (χ2v) is 12.7. The number of aliphatic hydroxyl groups excluding tert-OH is 1. The Morgan fingerprint density at radius 1 is 1.03 bits per heavy atom. The zero-order chi connectivity index (χ0) is 23.5. The zero-order valence-electron chi connectivity index (χ0n) is 21.7. The summed E-state index contributed by atoms with van der Waals surface area (Å²) in [5.41, 5.74) is 2.26. The average molecular weight is 445 g/mol. The molecule has 0 heterocycles. The first-order valence-corrected chi connectivity index (χ1v) is 13.3. The van der Waals surface area contributed by atoms with Crippen LogP contribution in [0.25, 0.3) is 0 Å². The second-order valence-electron chi connectivity index (χ2n) is 12.7. The fourth-order valence-electron chi connectivity index (χ4n) is 8.33. The summed E-state index contributed by atoms with van der Waals surface area (Å²) in [5, 5.41) is 22.3.